The average molecular weight is 467 g/mol. The zero-order valence-corrected chi connectivity index (χ0v) is 15.6. The van der Waals surface area contributed by atoms with Crippen molar-refractivity contribution in [3.63, 3.8) is 0 Å². The zero-order chi connectivity index (χ0) is 22.2. The van der Waals surface area contributed by atoms with Gasteiger partial charge < -0.3 is 20.3 Å². The van der Waals surface area contributed by atoms with Crippen molar-refractivity contribution in [3.05, 3.63) is 39.5 Å². The van der Waals surface area contributed by atoms with Gasteiger partial charge in [0.2, 0.25) is 5.89 Å². The molecule has 1 atom stereocenters. The molecule has 160 valence electrons. The van der Waals surface area contributed by atoms with E-state index < -0.39 is 57.9 Å². The summed E-state index contributed by atoms with van der Waals surface area (Å²) in [5, 5.41) is 15.7. The van der Waals surface area contributed by atoms with Gasteiger partial charge in [0, 0.05) is 0 Å². The molecular formula is C14H10Cl2F6N4O3. The van der Waals surface area contributed by atoms with Crippen molar-refractivity contribution in [2.45, 2.75) is 31.4 Å². The number of amides is 2. The molecule has 0 radical (unpaired) electrons. The van der Waals surface area contributed by atoms with Gasteiger partial charge in [-0.25, -0.2) is 4.79 Å². The third kappa shape index (κ3) is 5.22. The molecule has 7 nitrogen and oxygen atoms in total. The van der Waals surface area contributed by atoms with Crippen LogP contribution in [0.3, 0.4) is 0 Å². The SMILES string of the molecule is C[C@](O)(c1cc(Cl)c(NC(=O)NCc2nc(C(F)(F)F)no2)c(Cl)c1)C(F)(F)F. The molecule has 29 heavy (non-hydrogen) atoms. The number of nitrogens with one attached hydrogen (secondary N) is 2. The summed E-state index contributed by atoms with van der Waals surface area (Å²) < 4.78 is 80.2. The van der Waals surface area contributed by atoms with Crippen LogP contribution in [0.5, 0.6) is 0 Å². The van der Waals surface area contributed by atoms with Crippen LogP contribution in [-0.2, 0) is 18.3 Å². The molecule has 2 rings (SSSR count). The maximum Gasteiger partial charge on any atom is 0.455 e. The Balaban J connectivity index is 2.10. The smallest absolute Gasteiger partial charge is 0.376 e. The third-order valence-electron chi connectivity index (χ3n) is 3.52. The van der Waals surface area contributed by atoms with Crippen LogP contribution in [0.25, 0.3) is 0 Å². The van der Waals surface area contributed by atoms with Gasteiger partial charge in [-0.3, -0.25) is 0 Å². The number of carbonyl (C=O) groups is 1. The predicted molar refractivity (Wildman–Crippen MR) is 87.2 cm³/mol. The fourth-order valence-corrected chi connectivity index (χ4v) is 2.47. The highest BCUT2D eigenvalue weighted by molar-refractivity contribution is 6.39. The Hall–Kier alpha value is -2.25. The van der Waals surface area contributed by atoms with E-state index in [1.54, 1.807) is 0 Å². The minimum absolute atomic E-state index is 0.297. The molecule has 0 fully saturated rings. The fourth-order valence-electron chi connectivity index (χ4n) is 1.89. The van der Waals surface area contributed by atoms with Gasteiger partial charge in [-0.2, -0.15) is 31.3 Å². The van der Waals surface area contributed by atoms with Crippen LogP contribution in [-0.4, -0.2) is 27.5 Å². The molecular weight excluding hydrogens is 457 g/mol. The number of urea groups is 1. The number of alkyl halides is 6. The summed E-state index contributed by atoms with van der Waals surface area (Å²) in [6.07, 6.45) is -9.85. The summed E-state index contributed by atoms with van der Waals surface area (Å²) in [6, 6.07) is 0.477. The highest BCUT2D eigenvalue weighted by Gasteiger charge is 2.51. The van der Waals surface area contributed by atoms with E-state index in [0.717, 1.165) is 12.1 Å². The first-order valence-electron chi connectivity index (χ1n) is 7.36. The molecule has 2 aromatic rings. The molecule has 3 N–H and O–H groups in total. The molecule has 0 aliphatic carbocycles. The number of nitrogens with zero attached hydrogens (tertiary/aromatic N) is 2. The zero-order valence-electron chi connectivity index (χ0n) is 14.0. The van der Waals surface area contributed by atoms with Crippen LogP contribution in [0.4, 0.5) is 36.8 Å². The number of rotatable bonds is 4. The van der Waals surface area contributed by atoms with Gasteiger partial charge in [0.25, 0.3) is 5.82 Å². The topological polar surface area (TPSA) is 100 Å². The number of anilines is 1. The highest BCUT2D eigenvalue weighted by Crippen LogP contribution is 2.42. The predicted octanol–water partition coefficient (Wildman–Crippen LogP) is 4.49. The van der Waals surface area contributed by atoms with Crippen molar-refractivity contribution in [2.75, 3.05) is 5.32 Å². The quantitative estimate of drug-likeness (QED) is 0.576. The Morgan fingerprint density at radius 1 is 1.17 bits per heavy atom. The molecule has 0 aliphatic heterocycles. The van der Waals surface area contributed by atoms with Gasteiger partial charge in [-0.1, -0.05) is 28.4 Å². The molecule has 0 aliphatic rings. The maximum atomic E-state index is 12.9. The first-order valence-corrected chi connectivity index (χ1v) is 8.11. The van der Waals surface area contributed by atoms with Gasteiger partial charge in [-0.05, 0) is 24.6 Å². The van der Waals surface area contributed by atoms with Crippen LogP contribution in [0.2, 0.25) is 10.0 Å². The number of aromatic nitrogens is 2. The molecule has 1 aromatic carbocycles. The normalized spacial score (nSPS) is 14.4. The summed E-state index contributed by atoms with van der Waals surface area (Å²) in [4.78, 5) is 14.9. The van der Waals surface area contributed by atoms with Crippen molar-refractivity contribution >= 4 is 34.9 Å². The Kier molecular flexibility index (Phi) is 6.26. The van der Waals surface area contributed by atoms with E-state index in [1.165, 1.54) is 0 Å². The molecule has 0 bridgehead atoms. The first kappa shape index (κ1) is 23.0. The summed E-state index contributed by atoms with van der Waals surface area (Å²) >= 11 is 11.7. The summed E-state index contributed by atoms with van der Waals surface area (Å²) in [5.74, 6) is -2.09. The lowest BCUT2D eigenvalue weighted by Gasteiger charge is -2.27. The lowest BCUT2D eigenvalue weighted by atomic mass is 9.95. The molecule has 15 heteroatoms. The highest BCUT2D eigenvalue weighted by atomic mass is 35.5. The monoisotopic (exact) mass is 466 g/mol. The molecule has 0 saturated carbocycles. The van der Waals surface area contributed by atoms with E-state index in [1.807, 2.05) is 0 Å². The van der Waals surface area contributed by atoms with Crippen molar-refractivity contribution in [1.29, 1.82) is 0 Å². The largest absolute Gasteiger partial charge is 0.455 e. The number of hydrogen-bond donors (Lipinski definition) is 3. The number of benzene rings is 1. The second-order valence-electron chi connectivity index (χ2n) is 5.70. The van der Waals surface area contributed by atoms with Crippen molar-refractivity contribution in [1.82, 2.24) is 15.5 Å². The Labute approximate surface area is 168 Å². The second-order valence-corrected chi connectivity index (χ2v) is 6.52. The maximum absolute atomic E-state index is 12.9. The van der Waals surface area contributed by atoms with E-state index in [9.17, 15) is 36.2 Å². The van der Waals surface area contributed by atoms with E-state index in [-0.39, 0.29) is 5.69 Å². The minimum Gasteiger partial charge on any atom is -0.376 e. The molecule has 0 spiro atoms. The van der Waals surface area contributed by atoms with Crippen molar-refractivity contribution in [3.8, 4) is 0 Å². The minimum atomic E-state index is -5.02. The van der Waals surface area contributed by atoms with Crippen LogP contribution in [0.1, 0.15) is 24.2 Å². The van der Waals surface area contributed by atoms with Crippen LogP contribution in [0, 0.1) is 0 Å². The summed E-state index contributed by atoms with van der Waals surface area (Å²) in [7, 11) is 0. The Morgan fingerprint density at radius 3 is 2.17 bits per heavy atom. The lowest BCUT2D eigenvalue weighted by molar-refractivity contribution is -0.258. The van der Waals surface area contributed by atoms with Gasteiger partial charge in [0.1, 0.15) is 0 Å². The molecule has 1 heterocycles. The van der Waals surface area contributed by atoms with Crippen LogP contribution in [0.15, 0.2) is 16.7 Å². The molecule has 1 aromatic heterocycles. The average Bonchev–Trinajstić information content (AvgIpc) is 3.04. The second kappa shape index (κ2) is 7.88. The number of halogens is 8. The summed E-state index contributed by atoms with van der Waals surface area (Å²) in [6.45, 7) is -0.0978. The number of carbonyl (C=O) groups excluding carboxylic acids is 1. The summed E-state index contributed by atoms with van der Waals surface area (Å²) in [5.41, 5.74) is -4.22. The number of aliphatic hydroxyl groups is 1. The fraction of sp³-hybridized carbons (Fsp3) is 0.357. The van der Waals surface area contributed by atoms with E-state index >= 15 is 0 Å². The van der Waals surface area contributed by atoms with Gasteiger partial charge in [0.05, 0.1) is 22.3 Å². The lowest BCUT2D eigenvalue weighted by Crippen LogP contribution is -2.39. The standard InChI is InChI=1S/C14H10Cl2F6N4O3/c1-12(28,14(20,21)22)5-2-6(15)9(7(16)3-5)25-11(27)23-4-8-24-10(26-29-8)13(17,18)19/h2-3,28H,4H2,1H3,(H2,23,25,27)/t12-/m0/s1. The van der Waals surface area contributed by atoms with Crippen molar-refractivity contribution in [2.24, 2.45) is 0 Å². The van der Waals surface area contributed by atoms with Crippen LogP contribution < -0.4 is 10.6 Å². The van der Waals surface area contributed by atoms with Gasteiger partial charge in [0.15, 0.2) is 5.60 Å². The number of hydrogen-bond acceptors (Lipinski definition) is 5. The van der Waals surface area contributed by atoms with E-state index in [4.69, 9.17) is 23.2 Å². The Morgan fingerprint density at radius 2 is 1.72 bits per heavy atom. The molecule has 0 saturated heterocycles. The van der Waals surface area contributed by atoms with Crippen molar-refractivity contribution < 1.29 is 40.8 Å². The van der Waals surface area contributed by atoms with E-state index in [0.29, 0.717) is 6.92 Å². The van der Waals surface area contributed by atoms with Gasteiger partial charge >= 0.3 is 18.4 Å². The van der Waals surface area contributed by atoms with Gasteiger partial charge in [-0.15, -0.1) is 0 Å². The third-order valence-corrected chi connectivity index (χ3v) is 4.11. The molecule has 2 amide bonds. The molecule has 0 unspecified atom stereocenters. The Bertz CT molecular complexity index is 890. The van der Waals surface area contributed by atoms with Crippen LogP contribution >= 0.6 is 23.2 Å². The first-order chi connectivity index (χ1) is 13.1. The van der Waals surface area contributed by atoms with E-state index in [2.05, 4.69) is 25.3 Å².